The van der Waals surface area contributed by atoms with E-state index >= 15 is 0 Å². The molecule has 0 aromatic carbocycles. The fourth-order valence-electron chi connectivity index (χ4n) is 0.167. The Kier molecular flexibility index (Phi) is 2.12. The quantitative estimate of drug-likeness (QED) is 0.393. The maximum Gasteiger partial charge on any atom is 0.0814 e. The molecule has 0 atom stereocenters. The highest BCUT2D eigenvalue weighted by molar-refractivity contribution is 5.75. The molecule has 6 heavy (non-hydrogen) atoms. The van der Waals surface area contributed by atoms with Gasteiger partial charge in [-0.25, -0.2) is 0 Å². The second kappa shape index (κ2) is 2.44. The molecular weight excluding hydrogens is 76.9 g/mol. The van der Waals surface area contributed by atoms with Gasteiger partial charge in [0, 0.05) is 6.20 Å². The summed E-state index contributed by atoms with van der Waals surface area (Å²) in [5.41, 5.74) is 0. The highest BCUT2D eigenvalue weighted by atomic mass is 15.3. The summed E-state index contributed by atoms with van der Waals surface area (Å²) in [6.07, 6.45) is 3.24. The van der Waals surface area contributed by atoms with E-state index in [9.17, 15) is 0 Å². The second-order valence-corrected chi connectivity index (χ2v) is 0.660. The van der Waals surface area contributed by atoms with Crippen LogP contribution in [0.5, 0.6) is 0 Å². The molecule has 1 rings (SSSR count). The minimum absolute atomic E-state index is 0. The normalized spacial score (nSPS) is 6.67. The number of hydrogen-bond acceptors (Lipinski definition) is 2. The first-order chi connectivity index (χ1) is 2.50. The van der Waals surface area contributed by atoms with Crippen molar-refractivity contribution in [1.29, 1.82) is 0 Å². The van der Waals surface area contributed by atoms with Crippen molar-refractivity contribution in [2.75, 3.05) is 0 Å². The molecule has 0 spiro atoms. The molecule has 0 aliphatic rings. The average molecular weight is 82.9 g/mol. The van der Waals surface area contributed by atoms with E-state index in [1.807, 2.05) is 0 Å². The minimum Gasteiger partial charge on any atom is -0.266 e. The Bertz CT molecular complexity index is 65.3. The molecule has 3 nitrogen and oxygen atoms in total. The lowest BCUT2D eigenvalue weighted by molar-refractivity contribution is 0.940. The molecule has 1 aromatic rings. The number of aromatic nitrogens is 3. The van der Waals surface area contributed by atoms with Crippen LogP contribution in [0.4, 0.5) is 0 Å². The average Bonchev–Trinajstić information content (AvgIpc) is 1.76. The van der Waals surface area contributed by atoms with Crippen molar-refractivity contribution in [1.82, 2.24) is 15.4 Å². The molecule has 4 heteroatoms. The summed E-state index contributed by atoms with van der Waals surface area (Å²) in [5, 5.41) is 9.26. The molecule has 0 unspecified atom stereocenters. The first-order valence-corrected chi connectivity index (χ1v) is 1.30. The van der Waals surface area contributed by atoms with Gasteiger partial charge in [-0.1, -0.05) is 5.21 Å². The van der Waals surface area contributed by atoms with Crippen LogP contribution in [0.3, 0.4) is 0 Å². The third-order valence-electron chi connectivity index (χ3n) is 0.331. The lowest BCUT2D eigenvalue weighted by Crippen LogP contribution is -1.61. The monoisotopic (exact) mass is 83.1 g/mol. The number of H-pyrrole nitrogens is 1. The molecule has 0 saturated heterocycles. The van der Waals surface area contributed by atoms with Gasteiger partial charge in [0.1, 0.15) is 0 Å². The van der Waals surface area contributed by atoms with Crippen LogP contribution in [0.15, 0.2) is 12.4 Å². The Morgan fingerprint density at radius 1 is 1.50 bits per heavy atom. The zero-order valence-electron chi connectivity index (χ0n) is 2.55. The van der Waals surface area contributed by atoms with E-state index in [4.69, 9.17) is 0 Å². The predicted octanol–water partition coefficient (Wildman–Crippen LogP) is -1.38. The largest absolute Gasteiger partial charge is 0.266 e. The summed E-state index contributed by atoms with van der Waals surface area (Å²) in [6.45, 7) is 0. The molecule has 0 radical (unpaired) electrons. The molecule has 0 fully saturated rings. The highest BCUT2D eigenvalue weighted by Gasteiger charge is 1.57. The number of nitrogens with one attached hydrogen (secondary N) is 1. The third kappa shape index (κ3) is 0.881. The van der Waals surface area contributed by atoms with E-state index in [-0.39, 0.29) is 8.41 Å². The van der Waals surface area contributed by atoms with Crippen LogP contribution in [0, 0.1) is 0 Å². The van der Waals surface area contributed by atoms with Crippen molar-refractivity contribution >= 4 is 8.41 Å². The van der Waals surface area contributed by atoms with E-state index in [0.717, 1.165) is 0 Å². The summed E-state index contributed by atoms with van der Waals surface area (Å²) in [6, 6.07) is 0. The van der Waals surface area contributed by atoms with Crippen molar-refractivity contribution in [2.45, 2.75) is 0 Å². The Hall–Kier alpha value is -0.795. The summed E-state index contributed by atoms with van der Waals surface area (Å²) >= 11 is 0. The fraction of sp³-hybridized carbons (Fsp3) is 0. The van der Waals surface area contributed by atoms with Gasteiger partial charge in [0.25, 0.3) is 0 Å². The van der Waals surface area contributed by atoms with Gasteiger partial charge in [0.15, 0.2) is 0 Å². The Morgan fingerprint density at radius 2 is 2.33 bits per heavy atom. The number of rotatable bonds is 0. The topological polar surface area (TPSA) is 41.6 Å². The lowest BCUT2D eigenvalue weighted by Gasteiger charge is -1.46. The Morgan fingerprint density at radius 3 is 2.50 bits per heavy atom. The summed E-state index contributed by atoms with van der Waals surface area (Å²) < 4.78 is 0. The van der Waals surface area contributed by atoms with Crippen LogP contribution in [-0.4, -0.2) is 23.8 Å². The van der Waals surface area contributed by atoms with Crippen molar-refractivity contribution in [2.24, 2.45) is 0 Å². The number of aromatic amines is 1. The Labute approximate surface area is 37.3 Å². The smallest absolute Gasteiger partial charge is 0.0814 e. The van der Waals surface area contributed by atoms with Crippen LogP contribution in [0.1, 0.15) is 0 Å². The first-order valence-electron chi connectivity index (χ1n) is 1.30. The summed E-state index contributed by atoms with van der Waals surface area (Å²) in [4.78, 5) is 0. The van der Waals surface area contributed by atoms with Crippen LogP contribution < -0.4 is 0 Å². The van der Waals surface area contributed by atoms with E-state index in [0.29, 0.717) is 0 Å². The lowest BCUT2D eigenvalue weighted by atomic mass is 10.8. The first kappa shape index (κ1) is 5.20. The van der Waals surface area contributed by atoms with Gasteiger partial charge in [0.2, 0.25) is 0 Å². The molecule has 1 N–H and O–H groups in total. The fourth-order valence-corrected chi connectivity index (χ4v) is 0.167. The van der Waals surface area contributed by atoms with Gasteiger partial charge in [-0.2, -0.15) is 0 Å². The van der Waals surface area contributed by atoms with Gasteiger partial charge in [-0.15, -0.1) is 5.10 Å². The van der Waals surface area contributed by atoms with Crippen LogP contribution in [-0.2, 0) is 0 Å². The zero-order valence-corrected chi connectivity index (χ0v) is 2.55. The van der Waals surface area contributed by atoms with Crippen LogP contribution in [0.2, 0.25) is 0 Å². The van der Waals surface area contributed by atoms with Gasteiger partial charge in [-0.3, -0.25) is 5.10 Å². The molecule has 0 saturated carbocycles. The Balaban J connectivity index is 0.000000250. The maximum absolute atomic E-state index is 3.42. The van der Waals surface area contributed by atoms with Crippen molar-refractivity contribution < 1.29 is 0 Å². The molecule has 1 aromatic heterocycles. The third-order valence-corrected chi connectivity index (χ3v) is 0.331. The van der Waals surface area contributed by atoms with Crippen LogP contribution in [0.25, 0.3) is 0 Å². The number of hydrogen-bond donors (Lipinski definition) is 1. The minimum atomic E-state index is 0. The maximum atomic E-state index is 3.42. The summed E-state index contributed by atoms with van der Waals surface area (Å²) in [7, 11) is 0. The molecule has 0 bridgehead atoms. The highest BCUT2D eigenvalue weighted by Crippen LogP contribution is 1.55. The standard InChI is InChI=1S/C2H3N3.BH3/c1-2-4-5-3-1;/h1-2H,(H,3,4,5);1H3. The van der Waals surface area contributed by atoms with Crippen molar-refractivity contribution in [3.05, 3.63) is 12.4 Å². The SMILES string of the molecule is B.c1c[nH]nn1. The van der Waals surface area contributed by atoms with E-state index < -0.39 is 0 Å². The predicted molar refractivity (Wildman–Crippen MR) is 26.3 cm³/mol. The second-order valence-electron chi connectivity index (χ2n) is 0.660. The summed E-state index contributed by atoms with van der Waals surface area (Å²) in [5.74, 6) is 0. The zero-order chi connectivity index (χ0) is 3.54. The van der Waals surface area contributed by atoms with Crippen LogP contribution >= 0.6 is 0 Å². The van der Waals surface area contributed by atoms with Crippen molar-refractivity contribution in [3.8, 4) is 0 Å². The van der Waals surface area contributed by atoms with Crippen molar-refractivity contribution in [3.63, 3.8) is 0 Å². The molecular formula is C2H6BN3. The molecule has 0 aliphatic heterocycles. The van der Waals surface area contributed by atoms with Gasteiger partial charge in [0.05, 0.1) is 14.6 Å². The molecule has 0 aliphatic carbocycles. The van der Waals surface area contributed by atoms with E-state index in [1.165, 1.54) is 0 Å². The van der Waals surface area contributed by atoms with Gasteiger partial charge >= 0.3 is 0 Å². The molecule has 1 heterocycles. The van der Waals surface area contributed by atoms with E-state index in [1.54, 1.807) is 12.4 Å². The van der Waals surface area contributed by atoms with Gasteiger partial charge in [-0.05, 0) is 0 Å². The number of nitrogens with zero attached hydrogens (tertiary/aromatic N) is 2. The molecule has 32 valence electrons. The van der Waals surface area contributed by atoms with E-state index in [2.05, 4.69) is 15.4 Å². The molecule has 0 amide bonds. The van der Waals surface area contributed by atoms with Gasteiger partial charge < -0.3 is 0 Å².